The van der Waals surface area contributed by atoms with Crippen LogP contribution >= 0.6 is 0 Å². The first-order valence-corrected chi connectivity index (χ1v) is 11.2. The summed E-state index contributed by atoms with van der Waals surface area (Å²) < 4.78 is 11.3. The zero-order valence-electron chi connectivity index (χ0n) is 19.9. The monoisotopic (exact) mass is 428 g/mol. The predicted molar refractivity (Wildman–Crippen MR) is 123 cm³/mol. The molecule has 2 aliphatic heterocycles. The highest BCUT2D eigenvalue weighted by Gasteiger charge is 2.31. The molecule has 0 fully saturated rings. The second kappa shape index (κ2) is 8.56. The fourth-order valence-corrected chi connectivity index (χ4v) is 3.93. The number of amides is 2. The molecule has 0 aromatic heterocycles. The number of aryl methyl sites for hydroxylation is 1. The molecule has 6 heteroatoms. The fourth-order valence-electron chi connectivity index (χ4n) is 3.93. The maximum Gasteiger partial charge on any atom is 0.414 e. The molecule has 2 heterocycles. The summed E-state index contributed by atoms with van der Waals surface area (Å²) in [6.07, 6.45) is 4.16. The average molecular weight is 429 g/mol. The first-order chi connectivity index (χ1) is 14.3. The molecule has 170 valence electrons. The van der Waals surface area contributed by atoms with E-state index in [0.29, 0.717) is 19.0 Å². The Balaban J connectivity index is 1.89. The lowest BCUT2D eigenvalue weighted by molar-refractivity contribution is 0.0327. The van der Waals surface area contributed by atoms with E-state index in [-0.39, 0.29) is 12.2 Å². The van der Waals surface area contributed by atoms with Gasteiger partial charge in [-0.3, -0.25) is 9.80 Å². The summed E-state index contributed by atoms with van der Waals surface area (Å²) in [4.78, 5) is 29.1. The summed E-state index contributed by atoms with van der Waals surface area (Å²) in [6, 6.07) is 6.06. The van der Waals surface area contributed by atoms with E-state index < -0.39 is 11.2 Å². The van der Waals surface area contributed by atoms with Gasteiger partial charge in [0.25, 0.3) is 0 Å². The number of carbonyl (C=O) groups excluding carboxylic acids is 2. The zero-order chi connectivity index (χ0) is 23.0. The van der Waals surface area contributed by atoms with Gasteiger partial charge in [-0.2, -0.15) is 0 Å². The minimum Gasteiger partial charge on any atom is -0.443 e. The first kappa shape index (κ1) is 23.2. The number of nitrogens with zero attached hydrogens (tertiary/aromatic N) is 2. The van der Waals surface area contributed by atoms with E-state index >= 15 is 0 Å². The van der Waals surface area contributed by atoms with Crippen molar-refractivity contribution in [3.05, 3.63) is 35.4 Å². The van der Waals surface area contributed by atoms with Crippen LogP contribution in [0.2, 0.25) is 0 Å². The minimum atomic E-state index is -0.549. The van der Waals surface area contributed by atoms with Crippen molar-refractivity contribution >= 4 is 23.6 Å². The van der Waals surface area contributed by atoms with Crippen LogP contribution in [0.5, 0.6) is 0 Å². The van der Waals surface area contributed by atoms with Crippen molar-refractivity contribution in [2.75, 3.05) is 18.0 Å². The van der Waals surface area contributed by atoms with E-state index in [1.165, 1.54) is 0 Å². The van der Waals surface area contributed by atoms with E-state index in [1.54, 1.807) is 9.80 Å². The van der Waals surface area contributed by atoms with Gasteiger partial charge in [-0.15, -0.1) is 0 Å². The second-order valence-electron chi connectivity index (χ2n) is 10.6. The van der Waals surface area contributed by atoms with Crippen LogP contribution in [0.15, 0.2) is 24.3 Å². The Morgan fingerprint density at radius 2 is 1.58 bits per heavy atom. The molecule has 0 bridgehead atoms. The van der Waals surface area contributed by atoms with Gasteiger partial charge in [0, 0.05) is 13.1 Å². The summed E-state index contributed by atoms with van der Waals surface area (Å²) in [6.45, 7) is 14.7. The summed E-state index contributed by atoms with van der Waals surface area (Å²) in [5, 5.41) is 0. The Kier molecular flexibility index (Phi) is 6.40. The van der Waals surface area contributed by atoms with E-state index in [9.17, 15) is 9.59 Å². The van der Waals surface area contributed by atoms with Gasteiger partial charge in [-0.05, 0) is 90.0 Å². The maximum absolute atomic E-state index is 12.9. The average Bonchev–Trinajstić information content (AvgIpc) is 2.64. The van der Waals surface area contributed by atoms with Gasteiger partial charge in [-0.25, -0.2) is 9.59 Å². The molecule has 1 aromatic rings. The lowest BCUT2D eigenvalue weighted by atomic mass is 9.94. The Hall–Kier alpha value is -2.50. The van der Waals surface area contributed by atoms with E-state index in [0.717, 1.165) is 41.8 Å². The van der Waals surface area contributed by atoms with Gasteiger partial charge in [0.15, 0.2) is 0 Å². The maximum atomic E-state index is 12.9. The summed E-state index contributed by atoms with van der Waals surface area (Å²) >= 11 is 0. The van der Waals surface area contributed by atoms with Crippen LogP contribution in [0, 0.1) is 5.92 Å². The van der Waals surface area contributed by atoms with Crippen molar-refractivity contribution in [3.8, 4) is 0 Å². The van der Waals surface area contributed by atoms with E-state index in [4.69, 9.17) is 9.47 Å². The van der Waals surface area contributed by atoms with Crippen molar-refractivity contribution < 1.29 is 19.1 Å². The number of benzene rings is 1. The number of hydrogen-bond acceptors (Lipinski definition) is 4. The molecule has 2 amide bonds. The standard InChI is InChI=1S/C25H36N2O4/c1-17-10-12-21(27(16-17)23(29)31-25(5,6)7)19-11-13-20-18(15-19)9-8-14-26(20)22(28)30-24(2,3)4/h11-13,15,17H,8-10,14,16H2,1-7H3. The molecular weight excluding hydrogens is 392 g/mol. The summed E-state index contributed by atoms with van der Waals surface area (Å²) in [5.41, 5.74) is 2.75. The van der Waals surface area contributed by atoms with Crippen LogP contribution in [0.1, 0.15) is 72.4 Å². The van der Waals surface area contributed by atoms with Crippen molar-refractivity contribution in [1.82, 2.24) is 4.90 Å². The molecule has 0 saturated heterocycles. The molecule has 0 radical (unpaired) electrons. The molecule has 0 saturated carbocycles. The third-order valence-electron chi connectivity index (χ3n) is 5.22. The molecule has 0 aliphatic carbocycles. The fraction of sp³-hybridized carbons (Fsp3) is 0.600. The topological polar surface area (TPSA) is 59.1 Å². The van der Waals surface area contributed by atoms with Gasteiger partial charge in [0.2, 0.25) is 0 Å². The van der Waals surface area contributed by atoms with Gasteiger partial charge in [0.1, 0.15) is 11.2 Å². The highest BCUT2D eigenvalue weighted by molar-refractivity contribution is 5.90. The van der Waals surface area contributed by atoms with Crippen LogP contribution in [-0.4, -0.2) is 41.4 Å². The zero-order valence-corrected chi connectivity index (χ0v) is 19.9. The number of ether oxygens (including phenoxy) is 2. The van der Waals surface area contributed by atoms with Gasteiger partial charge in [0.05, 0.1) is 11.4 Å². The third-order valence-corrected chi connectivity index (χ3v) is 5.22. The Morgan fingerprint density at radius 1 is 0.968 bits per heavy atom. The molecule has 2 aliphatic rings. The molecule has 6 nitrogen and oxygen atoms in total. The molecule has 0 spiro atoms. The predicted octanol–water partition coefficient (Wildman–Crippen LogP) is 5.99. The van der Waals surface area contributed by atoms with Crippen LogP contribution in [0.3, 0.4) is 0 Å². The highest BCUT2D eigenvalue weighted by Crippen LogP contribution is 2.34. The summed E-state index contributed by atoms with van der Waals surface area (Å²) in [7, 11) is 0. The van der Waals surface area contributed by atoms with E-state index in [2.05, 4.69) is 19.1 Å². The van der Waals surface area contributed by atoms with E-state index in [1.807, 2.05) is 53.7 Å². The van der Waals surface area contributed by atoms with Crippen molar-refractivity contribution in [1.29, 1.82) is 0 Å². The molecule has 3 rings (SSSR count). The van der Waals surface area contributed by atoms with Crippen LogP contribution in [0.4, 0.5) is 15.3 Å². The van der Waals surface area contributed by atoms with Crippen molar-refractivity contribution in [3.63, 3.8) is 0 Å². The number of carbonyl (C=O) groups is 2. The van der Waals surface area contributed by atoms with Crippen molar-refractivity contribution in [2.45, 2.75) is 78.9 Å². The smallest absolute Gasteiger partial charge is 0.414 e. The highest BCUT2D eigenvalue weighted by atomic mass is 16.6. The minimum absolute atomic E-state index is 0.317. The number of hydrogen-bond donors (Lipinski definition) is 0. The van der Waals surface area contributed by atoms with Gasteiger partial charge < -0.3 is 9.47 Å². The Bertz CT molecular complexity index is 876. The Morgan fingerprint density at radius 3 is 2.19 bits per heavy atom. The Labute approximate surface area is 186 Å². The first-order valence-electron chi connectivity index (χ1n) is 11.2. The van der Waals surface area contributed by atoms with Gasteiger partial charge in [-0.1, -0.05) is 19.1 Å². The lowest BCUT2D eigenvalue weighted by Crippen LogP contribution is -2.40. The number of rotatable bonds is 1. The quantitative estimate of drug-likeness (QED) is 0.551. The van der Waals surface area contributed by atoms with Crippen LogP contribution < -0.4 is 4.90 Å². The number of allylic oxidation sites excluding steroid dienone is 1. The van der Waals surface area contributed by atoms with Crippen molar-refractivity contribution in [2.24, 2.45) is 5.92 Å². The SMILES string of the molecule is CC1CC=C(c2ccc3c(c2)CCCN3C(=O)OC(C)(C)C)N(C(=O)OC(C)(C)C)C1. The lowest BCUT2D eigenvalue weighted by Gasteiger charge is -2.35. The molecular formula is C25H36N2O4. The van der Waals surface area contributed by atoms with Gasteiger partial charge >= 0.3 is 12.2 Å². The summed E-state index contributed by atoms with van der Waals surface area (Å²) in [5.74, 6) is 0.372. The molecule has 1 unspecified atom stereocenters. The normalized spacial score (nSPS) is 19.5. The van der Waals surface area contributed by atoms with Crippen LogP contribution in [0.25, 0.3) is 5.70 Å². The van der Waals surface area contributed by atoms with Crippen LogP contribution in [-0.2, 0) is 15.9 Å². The number of anilines is 1. The largest absolute Gasteiger partial charge is 0.443 e. The molecule has 1 aromatic carbocycles. The second-order valence-corrected chi connectivity index (χ2v) is 10.6. The molecule has 0 N–H and O–H groups in total. The number of fused-ring (bicyclic) bond motifs is 1. The third kappa shape index (κ3) is 5.81. The molecule has 1 atom stereocenters. The molecule has 31 heavy (non-hydrogen) atoms.